The SMILES string of the molecule is Cc1c(NCCCCCCO)cc(N)cc1S(N)(=O)=O. The number of sulfonamides is 1. The normalized spacial score (nSPS) is 11.6. The number of benzene rings is 1. The summed E-state index contributed by atoms with van der Waals surface area (Å²) < 4.78 is 23.0. The molecule has 0 amide bonds. The number of anilines is 2. The Kier molecular flexibility index (Phi) is 6.25. The maximum Gasteiger partial charge on any atom is 0.238 e. The highest BCUT2D eigenvalue weighted by molar-refractivity contribution is 7.89. The first-order chi connectivity index (χ1) is 9.36. The first-order valence-electron chi connectivity index (χ1n) is 6.64. The van der Waals surface area contributed by atoms with Crippen LogP contribution in [0.15, 0.2) is 17.0 Å². The van der Waals surface area contributed by atoms with Crippen LogP contribution in [0.1, 0.15) is 31.2 Å². The van der Waals surface area contributed by atoms with E-state index in [1.807, 2.05) is 0 Å². The van der Waals surface area contributed by atoms with E-state index in [0.717, 1.165) is 32.2 Å². The average molecular weight is 301 g/mol. The van der Waals surface area contributed by atoms with E-state index in [0.29, 0.717) is 16.9 Å². The van der Waals surface area contributed by atoms with Crippen LogP contribution in [0.25, 0.3) is 0 Å². The molecule has 114 valence electrons. The van der Waals surface area contributed by atoms with E-state index in [2.05, 4.69) is 5.32 Å². The molecule has 0 atom stereocenters. The summed E-state index contributed by atoms with van der Waals surface area (Å²) in [6, 6.07) is 3.08. The number of nitrogen functional groups attached to an aromatic ring is 1. The van der Waals surface area contributed by atoms with Crippen molar-refractivity contribution in [1.29, 1.82) is 0 Å². The molecule has 0 heterocycles. The van der Waals surface area contributed by atoms with Gasteiger partial charge in [0.25, 0.3) is 0 Å². The average Bonchev–Trinajstić information content (AvgIpc) is 2.35. The number of aliphatic hydroxyl groups is 1. The Balaban J connectivity index is 2.69. The molecule has 20 heavy (non-hydrogen) atoms. The minimum Gasteiger partial charge on any atom is -0.399 e. The smallest absolute Gasteiger partial charge is 0.238 e. The topological polar surface area (TPSA) is 118 Å². The van der Waals surface area contributed by atoms with Gasteiger partial charge in [-0.25, -0.2) is 13.6 Å². The Hall–Kier alpha value is -1.31. The van der Waals surface area contributed by atoms with Crippen LogP contribution in [-0.2, 0) is 10.0 Å². The molecule has 7 heteroatoms. The van der Waals surface area contributed by atoms with Gasteiger partial charge in [-0.1, -0.05) is 12.8 Å². The molecule has 0 saturated carbocycles. The second kappa shape index (κ2) is 7.47. The standard InChI is InChI=1S/C13H23N3O3S/c1-10-12(16-6-4-2-3-5-7-17)8-11(14)9-13(10)20(15,18)19/h8-9,16-17H,2-7,14H2,1H3,(H2,15,18,19). The van der Waals surface area contributed by atoms with Crippen molar-refractivity contribution in [3.05, 3.63) is 17.7 Å². The fourth-order valence-corrected chi connectivity index (χ4v) is 2.84. The molecule has 0 aliphatic heterocycles. The molecular formula is C13H23N3O3S. The lowest BCUT2D eigenvalue weighted by atomic mass is 10.1. The van der Waals surface area contributed by atoms with Gasteiger partial charge in [-0.2, -0.15) is 0 Å². The fraction of sp³-hybridized carbons (Fsp3) is 0.538. The summed E-state index contributed by atoms with van der Waals surface area (Å²) in [5.41, 5.74) is 7.34. The number of rotatable bonds is 8. The van der Waals surface area contributed by atoms with Gasteiger partial charge in [-0.15, -0.1) is 0 Å². The molecule has 0 aliphatic rings. The zero-order valence-electron chi connectivity index (χ0n) is 11.7. The Morgan fingerprint density at radius 3 is 2.45 bits per heavy atom. The number of nitrogens with one attached hydrogen (secondary N) is 1. The Bertz CT molecular complexity index is 544. The summed E-state index contributed by atoms with van der Waals surface area (Å²) in [5.74, 6) is 0. The summed E-state index contributed by atoms with van der Waals surface area (Å²) >= 11 is 0. The van der Waals surface area contributed by atoms with E-state index in [1.165, 1.54) is 6.07 Å². The summed E-state index contributed by atoms with van der Waals surface area (Å²) in [7, 11) is -3.77. The third-order valence-electron chi connectivity index (χ3n) is 3.09. The monoisotopic (exact) mass is 301 g/mol. The molecule has 6 N–H and O–H groups in total. The van der Waals surface area contributed by atoms with Crippen LogP contribution in [0.4, 0.5) is 11.4 Å². The molecule has 1 aromatic carbocycles. The maximum absolute atomic E-state index is 11.5. The van der Waals surface area contributed by atoms with Crippen molar-refractivity contribution >= 4 is 21.4 Å². The minimum atomic E-state index is -3.77. The zero-order valence-corrected chi connectivity index (χ0v) is 12.5. The van der Waals surface area contributed by atoms with E-state index in [-0.39, 0.29) is 11.5 Å². The lowest BCUT2D eigenvalue weighted by Crippen LogP contribution is -2.15. The molecule has 1 rings (SSSR count). The second-order valence-electron chi connectivity index (χ2n) is 4.80. The number of nitrogens with two attached hydrogens (primary N) is 2. The van der Waals surface area contributed by atoms with Gasteiger partial charge in [0.05, 0.1) is 4.90 Å². The highest BCUT2D eigenvalue weighted by atomic mass is 32.2. The summed E-state index contributed by atoms with van der Waals surface area (Å²) in [5, 5.41) is 17.0. The fourth-order valence-electron chi connectivity index (χ4n) is 2.00. The molecule has 6 nitrogen and oxygen atoms in total. The van der Waals surface area contributed by atoms with Crippen LogP contribution in [0.5, 0.6) is 0 Å². The quantitative estimate of drug-likeness (QED) is 0.425. The second-order valence-corrected chi connectivity index (χ2v) is 6.33. The number of unbranched alkanes of at least 4 members (excludes halogenated alkanes) is 3. The molecule has 0 bridgehead atoms. The first-order valence-corrected chi connectivity index (χ1v) is 8.18. The van der Waals surface area contributed by atoms with E-state index in [4.69, 9.17) is 16.0 Å². The van der Waals surface area contributed by atoms with E-state index < -0.39 is 10.0 Å². The van der Waals surface area contributed by atoms with Gasteiger partial charge in [0.15, 0.2) is 0 Å². The minimum absolute atomic E-state index is 0.0558. The molecule has 0 saturated heterocycles. The maximum atomic E-state index is 11.5. The van der Waals surface area contributed by atoms with E-state index >= 15 is 0 Å². The van der Waals surface area contributed by atoms with Gasteiger partial charge < -0.3 is 16.2 Å². The lowest BCUT2D eigenvalue weighted by molar-refractivity contribution is 0.283. The van der Waals surface area contributed by atoms with Crippen molar-refractivity contribution in [1.82, 2.24) is 0 Å². The van der Waals surface area contributed by atoms with Gasteiger partial charge >= 0.3 is 0 Å². The summed E-state index contributed by atoms with van der Waals surface area (Å²) in [6.07, 6.45) is 3.75. The van der Waals surface area contributed by atoms with Gasteiger partial charge in [0.2, 0.25) is 10.0 Å². The molecule has 0 radical (unpaired) electrons. The van der Waals surface area contributed by atoms with Gasteiger partial charge in [-0.05, 0) is 37.5 Å². The van der Waals surface area contributed by atoms with Crippen molar-refractivity contribution < 1.29 is 13.5 Å². The first kappa shape index (κ1) is 16.7. The predicted molar refractivity (Wildman–Crippen MR) is 81.0 cm³/mol. The molecule has 0 aliphatic carbocycles. The van der Waals surface area contributed by atoms with Crippen molar-refractivity contribution in [2.24, 2.45) is 5.14 Å². The van der Waals surface area contributed by atoms with Gasteiger partial charge in [-0.3, -0.25) is 0 Å². The predicted octanol–water partition coefficient (Wildman–Crippen LogP) is 1.19. The van der Waals surface area contributed by atoms with Gasteiger partial charge in [0, 0.05) is 24.5 Å². The molecule has 0 aromatic heterocycles. The van der Waals surface area contributed by atoms with Crippen molar-refractivity contribution in [2.75, 3.05) is 24.2 Å². The van der Waals surface area contributed by atoms with Crippen LogP contribution in [0.3, 0.4) is 0 Å². The Morgan fingerprint density at radius 1 is 1.20 bits per heavy atom. The number of hydrogen-bond acceptors (Lipinski definition) is 5. The van der Waals surface area contributed by atoms with E-state index in [9.17, 15) is 8.42 Å². The molecular weight excluding hydrogens is 278 g/mol. The third-order valence-corrected chi connectivity index (χ3v) is 4.13. The molecule has 1 aromatic rings. The highest BCUT2D eigenvalue weighted by Crippen LogP contribution is 2.26. The van der Waals surface area contributed by atoms with Crippen LogP contribution in [0, 0.1) is 6.92 Å². The Labute approximate surface area is 120 Å². The van der Waals surface area contributed by atoms with Crippen LogP contribution in [0.2, 0.25) is 0 Å². The zero-order chi connectivity index (χ0) is 15.2. The Morgan fingerprint density at radius 2 is 1.85 bits per heavy atom. The van der Waals surface area contributed by atoms with Gasteiger partial charge in [0.1, 0.15) is 0 Å². The highest BCUT2D eigenvalue weighted by Gasteiger charge is 2.15. The van der Waals surface area contributed by atoms with Crippen LogP contribution >= 0.6 is 0 Å². The van der Waals surface area contributed by atoms with Crippen molar-refractivity contribution in [2.45, 2.75) is 37.5 Å². The molecule has 0 spiro atoms. The lowest BCUT2D eigenvalue weighted by Gasteiger charge is -2.13. The van der Waals surface area contributed by atoms with Crippen molar-refractivity contribution in [3.8, 4) is 0 Å². The third kappa shape index (κ3) is 4.99. The summed E-state index contributed by atoms with van der Waals surface area (Å²) in [4.78, 5) is 0.0558. The molecule has 0 fully saturated rings. The van der Waals surface area contributed by atoms with Crippen LogP contribution < -0.4 is 16.2 Å². The van der Waals surface area contributed by atoms with Crippen LogP contribution in [-0.4, -0.2) is 26.7 Å². The summed E-state index contributed by atoms with van der Waals surface area (Å²) in [6.45, 7) is 2.65. The number of primary sulfonamides is 1. The van der Waals surface area contributed by atoms with Crippen molar-refractivity contribution in [3.63, 3.8) is 0 Å². The molecule has 0 unspecified atom stereocenters. The largest absolute Gasteiger partial charge is 0.399 e. The van der Waals surface area contributed by atoms with E-state index in [1.54, 1.807) is 13.0 Å². The number of aliphatic hydroxyl groups excluding tert-OH is 1. The number of hydrogen-bond donors (Lipinski definition) is 4.